The second kappa shape index (κ2) is 13.6. The fraction of sp³-hybridized carbons (Fsp3) is 0.424. The third kappa shape index (κ3) is 7.15. The molecule has 2 aromatic carbocycles. The zero-order chi connectivity index (χ0) is 33.1. The molecule has 0 radical (unpaired) electrons. The van der Waals surface area contributed by atoms with Gasteiger partial charge in [0.25, 0.3) is 0 Å². The summed E-state index contributed by atoms with van der Waals surface area (Å²) in [4.78, 5) is 68.6. The van der Waals surface area contributed by atoms with E-state index in [-0.39, 0.29) is 18.2 Å². The van der Waals surface area contributed by atoms with Crippen molar-refractivity contribution >= 4 is 64.0 Å². The molecule has 0 aliphatic carbocycles. The highest BCUT2D eigenvalue weighted by molar-refractivity contribution is 14.1. The van der Waals surface area contributed by atoms with Crippen molar-refractivity contribution in [1.29, 1.82) is 0 Å². The highest BCUT2D eigenvalue weighted by Gasteiger charge is 2.55. The van der Waals surface area contributed by atoms with Gasteiger partial charge in [0.2, 0.25) is 17.7 Å². The van der Waals surface area contributed by atoms with Crippen LogP contribution < -0.4 is 15.0 Å². The van der Waals surface area contributed by atoms with E-state index in [0.29, 0.717) is 36.3 Å². The van der Waals surface area contributed by atoms with Crippen LogP contribution in [0.3, 0.4) is 0 Å². The van der Waals surface area contributed by atoms with Gasteiger partial charge >= 0.3 is 17.5 Å². The summed E-state index contributed by atoms with van der Waals surface area (Å²) < 4.78 is 16.3. The summed E-state index contributed by atoms with van der Waals surface area (Å²) in [7, 11) is 4.02. The average molecular weight is 732 g/mol. The van der Waals surface area contributed by atoms with Gasteiger partial charge in [0.05, 0.1) is 14.2 Å². The molecular weight excluding hydrogens is 693 g/mol. The van der Waals surface area contributed by atoms with Crippen LogP contribution in [-0.4, -0.2) is 80.1 Å². The van der Waals surface area contributed by atoms with Crippen molar-refractivity contribution in [2.75, 3.05) is 32.7 Å². The maximum Gasteiger partial charge on any atom is 0.362 e. The number of benzene rings is 2. The van der Waals surface area contributed by atoms with Crippen LogP contribution in [0.2, 0.25) is 0 Å². The van der Waals surface area contributed by atoms with Gasteiger partial charge in [-0.2, -0.15) is 0 Å². The van der Waals surface area contributed by atoms with Crippen molar-refractivity contribution in [1.82, 2.24) is 10.2 Å². The number of likely N-dealkylation sites (N-methyl/N-ethyl adjacent to an activating group) is 1. The number of carbonyl (C=O) groups excluding carboxylic acids is 5. The topological polar surface area (TPSA) is 132 Å². The lowest BCUT2D eigenvalue weighted by Gasteiger charge is -2.36. The van der Waals surface area contributed by atoms with Gasteiger partial charge in [0, 0.05) is 40.9 Å². The number of esters is 2. The average Bonchev–Trinajstić information content (AvgIpc) is 3.66. The van der Waals surface area contributed by atoms with Gasteiger partial charge in [-0.25, -0.2) is 9.59 Å². The number of hydrogen-bond acceptors (Lipinski definition) is 8. The third-order valence-corrected chi connectivity index (χ3v) is 8.75. The lowest BCUT2D eigenvalue weighted by atomic mass is 9.85. The molecule has 0 unspecified atom stereocenters. The molecule has 2 aliphatic rings. The summed E-state index contributed by atoms with van der Waals surface area (Å²) in [5, 5.41) is 2.85. The first kappa shape index (κ1) is 33.9. The Labute approximate surface area is 276 Å². The molecular formula is C33H38IN3O8. The Morgan fingerprint density at radius 1 is 1.07 bits per heavy atom. The lowest BCUT2D eigenvalue weighted by Crippen LogP contribution is -2.57. The Hall–Kier alpha value is -3.94. The van der Waals surface area contributed by atoms with E-state index in [0.717, 1.165) is 23.5 Å². The molecule has 240 valence electrons. The van der Waals surface area contributed by atoms with Crippen LogP contribution in [0.1, 0.15) is 44.7 Å². The molecule has 11 nitrogen and oxygen atoms in total. The number of likely N-dealkylation sites (tertiary alicyclic amines) is 1. The van der Waals surface area contributed by atoms with E-state index >= 15 is 0 Å². The molecule has 1 N–H and O–H groups in total. The summed E-state index contributed by atoms with van der Waals surface area (Å²) in [6.07, 6.45) is 4.01. The minimum atomic E-state index is -1.94. The number of ether oxygens (including phenoxy) is 3. The number of fused-ring (bicyclic) bond motifs is 1. The molecule has 4 rings (SSSR count). The quantitative estimate of drug-likeness (QED) is 0.189. The Morgan fingerprint density at radius 2 is 1.71 bits per heavy atom. The first-order chi connectivity index (χ1) is 21.2. The molecule has 0 bridgehead atoms. The van der Waals surface area contributed by atoms with Crippen LogP contribution in [0.15, 0.2) is 48.5 Å². The molecule has 1 fully saturated rings. The molecule has 12 heteroatoms. The van der Waals surface area contributed by atoms with Crippen LogP contribution in [0, 0.1) is 8.99 Å². The third-order valence-electron chi connectivity index (χ3n) is 8.03. The van der Waals surface area contributed by atoms with E-state index in [4.69, 9.17) is 14.2 Å². The summed E-state index contributed by atoms with van der Waals surface area (Å²) >= 11 is 2.20. The van der Waals surface area contributed by atoms with Gasteiger partial charge in [0.1, 0.15) is 17.8 Å². The fourth-order valence-electron chi connectivity index (χ4n) is 5.55. The van der Waals surface area contributed by atoms with E-state index in [1.165, 1.54) is 6.08 Å². The van der Waals surface area contributed by atoms with Gasteiger partial charge in [-0.15, -0.1) is 0 Å². The second-order valence-corrected chi connectivity index (χ2v) is 13.4. The molecule has 2 atom stereocenters. The smallest absolute Gasteiger partial charge is 0.362 e. The molecule has 0 saturated carbocycles. The monoisotopic (exact) mass is 731 g/mol. The van der Waals surface area contributed by atoms with E-state index in [2.05, 4.69) is 27.9 Å². The van der Waals surface area contributed by atoms with Crippen molar-refractivity contribution < 1.29 is 38.2 Å². The molecule has 1 saturated heterocycles. The van der Waals surface area contributed by atoms with Gasteiger partial charge in [0.15, 0.2) is 0 Å². The Kier molecular flexibility index (Phi) is 10.3. The minimum absolute atomic E-state index is 0.0926. The Balaban J connectivity index is 1.47. The first-order valence-electron chi connectivity index (χ1n) is 14.5. The molecule has 3 amide bonds. The van der Waals surface area contributed by atoms with E-state index in [1.807, 2.05) is 45.0 Å². The number of carbonyl (C=O) groups is 5. The normalized spacial score (nSPS) is 17.7. The number of rotatable bonds is 8. The van der Waals surface area contributed by atoms with Gasteiger partial charge < -0.3 is 29.3 Å². The van der Waals surface area contributed by atoms with Crippen molar-refractivity contribution in [2.24, 2.45) is 5.41 Å². The molecule has 2 heterocycles. The number of methoxy groups -OCH3 is 2. The number of halogens is 1. The van der Waals surface area contributed by atoms with Crippen LogP contribution in [0.4, 0.5) is 5.69 Å². The van der Waals surface area contributed by atoms with Gasteiger partial charge in [-0.3, -0.25) is 14.4 Å². The summed E-state index contributed by atoms with van der Waals surface area (Å²) in [5.41, 5.74) is -0.661. The maximum absolute atomic E-state index is 13.9. The molecule has 0 aromatic heterocycles. The van der Waals surface area contributed by atoms with Gasteiger partial charge in [-0.05, 0) is 88.9 Å². The zero-order valence-electron chi connectivity index (χ0n) is 26.2. The Morgan fingerprint density at radius 3 is 2.31 bits per heavy atom. The van der Waals surface area contributed by atoms with E-state index in [9.17, 15) is 24.0 Å². The van der Waals surface area contributed by atoms with Crippen molar-refractivity contribution in [3.63, 3.8) is 0 Å². The Bertz CT molecular complexity index is 1500. The zero-order valence-corrected chi connectivity index (χ0v) is 28.4. The minimum Gasteiger partial charge on any atom is -0.466 e. The summed E-state index contributed by atoms with van der Waals surface area (Å²) in [6, 6.07) is 11.0. The van der Waals surface area contributed by atoms with Crippen LogP contribution in [0.25, 0.3) is 6.08 Å². The number of anilines is 1. The predicted molar refractivity (Wildman–Crippen MR) is 175 cm³/mol. The second-order valence-electron chi connectivity index (χ2n) is 12.2. The largest absolute Gasteiger partial charge is 0.466 e. The van der Waals surface area contributed by atoms with Crippen molar-refractivity contribution in [2.45, 2.75) is 57.7 Å². The number of nitrogens with one attached hydrogen (secondary N) is 1. The highest BCUT2D eigenvalue weighted by atomic mass is 127. The van der Waals surface area contributed by atoms with Crippen molar-refractivity contribution in [3.8, 4) is 5.75 Å². The van der Waals surface area contributed by atoms with Gasteiger partial charge in [-0.1, -0.05) is 26.8 Å². The highest BCUT2D eigenvalue weighted by Crippen LogP contribution is 2.37. The van der Waals surface area contributed by atoms with Crippen molar-refractivity contribution in [3.05, 3.63) is 63.2 Å². The predicted octanol–water partition coefficient (Wildman–Crippen LogP) is 3.51. The molecule has 2 aromatic rings. The van der Waals surface area contributed by atoms with Crippen LogP contribution >= 0.6 is 22.6 Å². The first-order valence-corrected chi connectivity index (χ1v) is 15.6. The number of nitrogens with zero attached hydrogens (tertiary/aromatic N) is 2. The molecule has 2 aliphatic heterocycles. The fourth-order valence-corrected chi connectivity index (χ4v) is 5.91. The van der Waals surface area contributed by atoms with Crippen LogP contribution in [0.5, 0.6) is 5.75 Å². The molecule has 45 heavy (non-hydrogen) atoms. The van der Waals surface area contributed by atoms with E-state index < -0.39 is 40.9 Å². The maximum atomic E-state index is 13.9. The van der Waals surface area contributed by atoms with Crippen LogP contribution in [-0.2, 0) is 39.9 Å². The SMILES string of the molecule is COC(=O)C1(C(=O)OC)Cc2cc(/C=C/C(=O)N[C@H](C(=O)N3CCC[C@H]3C(=O)N(C)c3ccc(I)cc3)C(C)(C)C)ccc2O1. The summed E-state index contributed by atoms with van der Waals surface area (Å²) in [6.45, 7) is 6.00. The summed E-state index contributed by atoms with van der Waals surface area (Å²) in [5.74, 6) is -2.39. The number of amides is 3. The van der Waals surface area contributed by atoms with E-state index in [1.54, 1.807) is 41.1 Å². The lowest BCUT2D eigenvalue weighted by molar-refractivity contribution is -0.174. The molecule has 0 spiro atoms. The standard InChI is InChI=1S/C33H38IN3O8/c1-32(2,3)27(29(40)37-17-7-8-24(37)28(39)36(4)23-13-11-22(34)12-14-23)35-26(38)16-10-20-9-15-25-21(18-20)19-33(45-25,30(41)43-5)31(42)44-6/h9-16,18,24,27H,7-8,17,19H2,1-6H3,(H,35,38)/b16-10+/t24-,27+/m0/s1. The number of hydrogen-bond donors (Lipinski definition) is 1.